The molecule has 4 aromatic rings. The van der Waals surface area contributed by atoms with E-state index in [0.29, 0.717) is 145 Å². The van der Waals surface area contributed by atoms with Gasteiger partial charge in [0.2, 0.25) is 23.6 Å². The Labute approximate surface area is 723 Å². The summed E-state index contributed by atoms with van der Waals surface area (Å²) in [6, 6.07) is 11.1. The number of aromatic hydroxyl groups is 2. The molecular weight excluding hydrogens is 1630 g/mol. The first kappa shape index (κ1) is 79.0. The van der Waals surface area contributed by atoms with E-state index in [2.05, 4.69) is 40.9 Å². The molecule has 0 aromatic heterocycles. The predicted molar refractivity (Wildman–Crippen MR) is 435 cm³/mol. The number of hydrogen-bond donors (Lipinski definition) is 12. The first-order valence-corrected chi connectivity index (χ1v) is 45.8. The number of benzene rings is 4. The highest BCUT2D eigenvalue weighted by Crippen LogP contribution is 2.75. The number of Topliss-reactive ketones (excluding diaryl/α,β-unsaturated/α-hetero) is 6. The molecule has 126 heavy (non-hydrogen) atoms. The van der Waals surface area contributed by atoms with Crippen molar-refractivity contribution in [2.75, 3.05) is 66.6 Å². The number of fused-ring (bicyclic) bond motifs is 4. The van der Waals surface area contributed by atoms with Crippen molar-refractivity contribution in [2.45, 2.75) is 281 Å². The van der Waals surface area contributed by atoms with Crippen molar-refractivity contribution in [3.63, 3.8) is 0 Å². The fourth-order valence-electron chi connectivity index (χ4n) is 30.5. The Morgan fingerprint density at radius 2 is 0.643 bits per heavy atom. The molecule has 16 fully saturated rings. The number of nitrogens with one attached hydrogen (secondary N) is 4. The van der Waals surface area contributed by atoms with Crippen LogP contribution in [0.25, 0.3) is 0 Å². The molecule has 8 saturated carbocycles. The van der Waals surface area contributed by atoms with Gasteiger partial charge in [-0.05, 0) is 213 Å². The first-order valence-electron chi connectivity index (χ1n) is 45.8. The van der Waals surface area contributed by atoms with Gasteiger partial charge in [-0.25, -0.2) is 0 Å². The number of carbonyl (C=O) groups is 10. The predicted octanol–water partition coefficient (Wildman–Crippen LogP) is 2.00. The second-order valence-corrected chi connectivity index (χ2v) is 41.9. The minimum Gasteiger partial charge on any atom is -0.504 e. The summed E-state index contributed by atoms with van der Waals surface area (Å²) in [5.41, 5.74) is -9.01. The third-order valence-electron chi connectivity index (χ3n) is 36.3. The number of phenolic OH excluding ortho intramolecular Hbond substituents is 2. The molecule has 0 radical (unpaired) electrons. The fraction of sp³-hybridized carbons (Fsp3) is 0.638. The number of piperidine rings is 4. The summed E-state index contributed by atoms with van der Waals surface area (Å²) in [4.78, 5) is 138. The molecule has 12 aliphatic heterocycles. The molecule has 12 heterocycles. The van der Waals surface area contributed by atoms with E-state index in [9.17, 15) is 88.8 Å². The number of carbonyl (C=O) groups excluding carboxylic acids is 10. The normalized spacial score (nSPS) is 43.2. The zero-order valence-electron chi connectivity index (χ0n) is 70.2. The number of hydrogen-bond acceptors (Lipinski definition) is 28. The van der Waals surface area contributed by atoms with E-state index in [1.54, 1.807) is 37.4 Å². The van der Waals surface area contributed by atoms with Crippen LogP contribution < -0.4 is 49.7 Å². The van der Waals surface area contributed by atoms with Gasteiger partial charge in [0, 0.05) is 72.6 Å². The molecule has 12 aliphatic carbocycles. The summed E-state index contributed by atoms with van der Waals surface area (Å²) in [7, 11) is 3.10. The van der Waals surface area contributed by atoms with Crippen LogP contribution in [0, 0.1) is 23.7 Å². The van der Waals surface area contributed by atoms with Gasteiger partial charge in [0.25, 0.3) is 0 Å². The van der Waals surface area contributed by atoms with Crippen molar-refractivity contribution >= 4 is 58.3 Å². The zero-order chi connectivity index (χ0) is 86.8. The largest absolute Gasteiger partial charge is 0.504 e. The van der Waals surface area contributed by atoms with Crippen LogP contribution in [0.1, 0.15) is 220 Å². The summed E-state index contributed by atoms with van der Waals surface area (Å²) in [5, 5.41) is 106. The standard InChI is InChI=1S/C24H28N2O6.C24H26N2O6.C23H26N2O6.C23H24N2O6/c2*1-31-14-5-4-13-17-19(14)32-21-22(17)8-9-26(11-12-2-3-12)20(18(13)29)24(22,30)7-6-23(21)15(27)10-16(28)25-23;2*26-13-4-3-12-16-18(13)31-20-21(16)7-8-25(10-11-1-2-11)19(17(12)29)23(21,30)6-5-22(20)14(27)9-15(28)24-22/h4-5,12,18,20-21,29-30H,2-3,6-11H2,1H3,(H,25,28);4-5,12,20-21,30H,2-3,6-11H2,1H3,(H,25,28);3-4,11,17,19-20,26,29-30H,1-2,5-10H2,(H,24,28);3-4,11,19-20,26,30H,1-2,5-10H2,(H,24,28)/t18-,20-,21-,22+,23-,24-;20-,21-,22+,23-,24-;17-,19-,20-,21+,22-,23-;19-,20-,21+,22-,23-/m1111/s1. The van der Waals surface area contributed by atoms with Crippen molar-refractivity contribution in [3.8, 4) is 46.0 Å². The molecule has 8 bridgehead atoms. The van der Waals surface area contributed by atoms with Crippen LogP contribution in [-0.2, 0) is 60.0 Å². The molecule has 12 N–H and O–H groups in total. The summed E-state index contributed by atoms with van der Waals surface area (Å²) in [6.45, 7) is 5.89. The van der Waals surface area contributed by atoms with Crippen molar-refractivity contribution in [1.29, 1.82) is 0 Å². The van der Waals surface area contributed by atoms with E-state index >= 15 is 0 Å². The van der Waals surface area contributed by atoms with Gasteiger partial charge in [0.05, 0.1) is 97.1 Å². The lowest BCUT2D eigenvalue weighted by molar-refractivity contribution is -0.226. The number of ether oxygens (including phenoxy) is 6. The maximum atomic E-state index is 13.9. The van der Waals surface area contributed by atoms with Crippen LogP contribution >= 0.6 is 0 Å². The molecule has 32 heteroatoms. The molecule has 8 saturated heterocycles. The van der Waals surface area contributed by atoms with Gasteiger partial charge in [-0.2, -0.15) is 0 Å². The molecule has 8 spiro atoms. The minimum absolute atomic E-state index is 0.0668. The summed E-state index contributed by atoms with van der Waals surface area (Å²) < 4.78 is 36.8. The number of nitrogens with zero attached hydrogens (tertiary/aromatic N) is 4. The smallest absolute Gasteiger partial charge is 0.228 e. The third-order valence-corrected chi connectivity index (χ3v) is 36.3. The number of aliphatic hydroxyl groups is 6. The van der Waals surface area contributed by atoms with Crippen molar-refractivity contribution in [3.05, 3.63) is 93.0 Å². The molecule has 0 unspecified atom stereocenters. The number of ketones is 6. The van der Waals surface area contributed by atoms with Crippen molar-refractivity contribution < 1.29 is 117 Å². The molecule has 4 amide bonds. The Kier molecular flexibility index (Phi) is 16.0. The number of rotatable bonds is 10. The molecule has 28 rings (SSSR count). The van der Waals surface area contributed by atoms with Crippen LogP contribution in [0.15, 0.2) is 48.5 Å². The average Bonchev–Trinajstić information content (AvgIpc) is 1.47. The average molecular weight is 1730 g/mol. The number of phenols is 2. The second-order valence-electron chi connectivity index (χ2n) is 41.9. The van der Waals surface area contributed by atoms with Gasteiger partial charge in [0.15, 0.2) is 80.7 Å². The van der Waals surface area contributed by atoms with Gasteiger partial charge in [0.1, 0.15) is 69.9 Å². The summed E-state index contributed by atoms with van der Waals surface area (Å²) in [5.74, 6) is 2.25. The lowest BCUT2D eigenvalue weighted by Crippen LogP contribution is -2.82. The van der Waals surface area contributed by atoms with E-state index in [1.807, 2.05) is 6.07 Å². The Bertz CT molecular complexity index is 5690. The highest BCUT2D eigenvalue weighted by atomic mass is 16.5. The number of likely N-dealkylation sites (tertiary alicyclic amines) is 4. The summed E-state index contributed by atoms with van der Waals surface area (Å²) in [6.07, 6.45) is 7.95. The number of methoxy groups -OCH3 is 2. The first-order chi connectivity index (χ1) is 60.3. The van der Waals surface area contributed by atoms with Crippen LogP contribution in [0.4, 0.5) is 0 Å². The maximum Gasteiger partial charge on any atom is 0.228 e. The van der Waals surface area contributed by atoms with Gasteiger partial charge >= 0.3 is 0 Å². The van der Waals surface area contributed by atoms with E-state index < -0.39 is 127 Å². The van der Waals surface area contributed by atoms with E-state index in [4.69, 9.17) is 28.4 Å². The molecule has 24 aliphatic rings. The Morgan fingerprint density at radius 1 is 0.357 bits per heavy atom. The second kappa shape index (κ2) is 25.5. The van der Waals surface area contributed by atoms with Gasteiger partial charge in [-0.15, -0.1) is 0 Å². The molecule has 32 nitrogen and oxygen atoms in total. The van der Waals surface area contributed by atoms with Gasteiger partial charge in [-0.3, -0.25) is 67.5 Å². The number of aliphatic hydroxyl groups excluding tert-OH is 2. The van der Waals surface area contributed by atoms with Crippen molar-refractivity contribution in [2.24, 2.45) is 23.7 Å². The highest BCUT2D eigenvalue weighted by Gasteiger charge is 2.85. The van der Waals surface area contributed by atoms with E-state index in [-0.39, 0.29) is 146 Å². The molecule has 664 valence electrons. The SMILES string of the molecule is COc1ccc2c3c1O[C@@H]1[C@]34CCN(CC3CC3)[C@H](C2=O)[C@]4(O)CC[C@]12NC(=O)CC2=O.COc1ccc2c3c1O[C@@H]1[C@]34CCN(CC3CC3)[C@H]([C@@H]2O)[C@]4(O)CC[C@]12NC(=O)CC2=O.O=C1CC(=O)[C@@]2(CC[C@@]3(O)[C@H]4C(=O)c5ccc(O)c6c5[C@@]3(CCN4CC3CC3)[C@H]2O6)N1.O=C1CC(=O)[C@@]2(CC[C@@]3(O)[C@H]4[C@H](O)c5ccc(O)c6c5[C@@]3(CCN4CC3CC3)[C@H]2O6)N1. The van der Waals surface area contributed by atoms with E-state index in [1.165, 1.54) is 44.9 Å². The number of amides is 4. The minimum atomic E-state index is -1.42. The molecule has 22 atom stereocenters. The highest BCUT2D eigenvalue weighted by molar-refractivity contribution is 6.15. The quantitative estimate of drug-likeness (QED) is 0.101. The molecular formula is C94H104N8O24. The van der Waals surface area contributed by atoms with E-state index in [0.717, 1.165) is 63.0 Å². The van der Waals surface area contributed by atoms with Crippen molar-refractivity contribution in [1.82, 2.24) is 40.9 Å². The van der Waals surface area contributed by atoms with Crippen LogP contribution in [0.3, 0.4) is 0 Å². The zero-order valence-corrected chi connectivity index (χ0v) is 70.2. The van der Waals surface area contributed by atoms with Gasteiger partial charge < -0.3 is 90.5 Å². The monoisotopic (exact) mass is 1730 g/mol. The third kappa shape index (κ3) is 9.34. The lowest BCUT2D eigenvalue weighted by atomic mass is 9.45. The Morgan fingerprint density at radius 3 is 1.00 bits per heavy atom. The van der Waals surface area contributed by atoms with Crippen LogP contribution in [-0.4, -0.2) is 279 Å². The summed E-state index contributed by atoms with van der Waals surface area (Å²) >= 11 is 0. The van der Waals surface area contributed by atoms with Gasteiger partial charge in [-0.1, -0.05) is 12.1 Å². The topological polar surface area (TPSA) is 449 Å². The fourth-order valence-corrected chi connectivity index (χ4v) is 30.5. The Balaban J connectivity index is 0.0000000916. The lowest BCUT2D eigenvalue weighted by Gasteiger charge is -2.66. The van der Waals surface area contributed by atoms with Crippen LogP contribution in [0.5, 0.6) is 46.0 Å². The Hall–Kier alpha value is -9.22. The molecule has 4 aromatic carbocycles. The van der Waals surface area contributed by atoms with Crippen LogP contribution in [0.2, 0.25) is 0 Å². The maximum absolute atomic E-state index is 13.9.